The van der Waals surface area contributed by atoms with Gasteiger partial charge in [-0.15, -0.1) is 0 Å². The Morgan fingerprint density at radius 2 is 2.00 bits per heavy atom. The Kier molecular flexibility index (Phi) is 6.48. The summed E-state index contributed by atoms with van der Waals surface area (Å²) in [5.74, 6) is 1.22. The van der Waals surface area contributed by atoms with Crippen LogP contribution in [0.25, 0.3) is 5.70 Å². The van der Waals surface area contributed by atoms with Crippen molar-refractivity contribution < 1.29 is 0 Å². The number of hydrogen-bond acceptors (Lipinski definition) is 5. The lowest BCUT2D eigenvalue weighted by Crippen LogP contribution is -2.32. The van der Waals surface area contributed by atoms with E-state index in [0.29, 0.717) is 29.3 Å². The smallest absolute Gasteiger partial charge is 0.250 e. The Morgan fingerprint density at radius 1 is 1.18 bits per heavy atom. The Labute approximate surface area is 204 Å². The van der Waals surface area contributed by atoms with E-state index in [2.05, 4.69) is 21.6 Å². The summed E-state index contributed by atoms with van der Waals surface area (Å²) >= 11 is 6.13. The number of nitrogens with one attached hydrogen (secondary N) is 2. The number of pyridine rings is 1. The number of benzene rings is 1. The molecule has 2 aliphatic rings. The molecule has 1 aromatic carbocycles. The number of nitrogen functional groups attached to an aromatic ring is 1. The van der Waals surface area contributed by atoms with Gasteiger partial charge in [0.15, 0.2) is 5.82 Å². The van der Waals surface area contributed by atoms with E-state index in [0.717, 1.165) is 66.7 Å². The van der Waals surface area contributed by atoms with Crippen LogP contribution in [0, 0.1) is 5.92 Å². The molecule has 34 heavy (non-hydrogen) atoms. The van der Waals surface area contributed by atoms with E-state index in [-0.39, 0.29) is 11.5 Å². The number of aromatic amines is 1. The van der Waals surface area contributed by atoms with Gasteiger partial charge in [-0.05, 0) is 54.9 Å². The Balaban J connectivity index is 1.39. The second-order valence-electron chi connectivity index (χ2n) is 9.57. The van der Waals surface area contributed by atoms with Crippen LogP contribution in [0.2, 0.25) is 5.02 Å². The highest BCUT2D eigenvalue weighted by Crippen LogP contribution is 2.35. The number of fused-ring (bicyclic) bond motifs is 1. The van der Waals surface area contributed by atoms with E-state index < -0.39 is 0 Å². The van der Waals surface area contributed by atoms with Gasteiger partial charge < -0.3 is 21.4 Å². The fourth-order valence-corrected chi connectivity index (χ4v) is 5.35. The van der Waals surface area contributed by atoms with Crippen LogP contribution in [-0.2, 0) is 13.0 Å². The van der Waals surface area contributed by atoms with Crippen molar-refractivity contribution >= 4 is 23.1 Å². The van der Waals surface area contributed by atoms with Gasteiger partial charge in [-0.25, -0.2) is 0 Å². The van der Waals surface area contributed by atoms with E-state index in [1.54, 1.807) is 10.6 Å². The van der Waals surface area contributed by atoms with Crippen molar-refractivity contribution in [3.05, 3.63) is 86.4 Å². The van der Waals surface area contributed by atoms with Gasteiger partial charge >= 0.3 is 0 Å². The third-order valence-corrected chi connectivity index (χ3v) is 7.31. The van der Waals surface area contributed by atoms with Gasteiger partial charge in [0.05, 0.1) is 12.1 Å². The SMILES string of the molecule is Nc1n[nH]c2c1C(NCC1CCC(N)CC1)=CC(c1ccc(=O)n(Cc3cccc(Cl)c3)c1)C2. The fraction of sp³-hybridized carbons (Fsp3) is 0.385. The molecule has 5 rings (SSSR count). The monoisotopic (exact) mass is 478 g/mol. The minimum Gasteiger partial charge on any atom is -0.384 e. The zero-order valence-electron chi connectivity index (χ0n) is 19.1. The highest BCUT2D eigenvalue weighted by molar-refractivity contribution is 6.30. The van der Waals surface area contributed by atoms with Crippen LogP contribution < -0.4 is 22.3 Å². The highest BCUT2D eigenvalue weighted by atomic mass is 35.5. The first-order chi connectivity index (χ1) is 16.5. The minimum absolute atomic E-state index is 0.0381. The fourth-order valence-electron chi connectivity index (χ4n) is 5.14. The van der Waals surface area contributed by atoms with Gasteiger partial charge in [-0.3, -0.25) is 9.89 Å². The van der Waals surface area contributed by atoms with Crippen molar-refractivity contribution in [2.45, 2.75) is 50.6 Å². The van der Waals surface area contributed by atoms with Gasteiger partial charge in [-0.2, -0.15) is 5.10 Å². The number of anilines is 1. The number of aromatic nitrogens is 3. The van der Waals surface area contributed by atoms with Gasteiger partial charge in [-0.1, -0.05) is 35.9 Å². The molecule has 1 saturated carbocycles. The van der Waals surface area contributed by atoms with E-state index >= 15 is 0 Å². The van der Waals surface area contributed by atoms with Gasteiger partial charge in [0.25, 0.3) is 5.56 Å². The molecule has 2 aliphatic carbocycles. The standard InChI is InChI=1S/C26H31ClN6O/c27-20-3-1-2-17(10-20)14-33-15-18(6-9-24(33)34)19-11-22(25-23(12-19)31-32-26(25)29)30-13-16-4-7-21(28)8-5-16/h1-3,6,9-11,15-16,19,21,30H,4-5,7-8,12-14,28H2,(H3,29,31,32). The lowest BCUT2D eigenvalue weighted by atomic mass is 9.85. The largest absolute Gasteiger partial charge is 0.384 e. The summed E-state index contributed by atoms with van der Waals surface area (Å²) in [7, 11) is 0. The second-order valence-corrected chi connectivity index (χ2v) is 10.0. The summed E-state index contributed by atoms with van der Waals surface area (Å²) in [4.78, 5) is 12.6. The normalized spacial score (nSPS) is 22.2. The van der Waals surface area contributed by atoms with E-state index in [4.69, 9.17) is 23.1 Å². The molecule has 0 bridgehead atoms. The molecule has 0 saturated heterocycles. The number of nitrogens with two attached hydrogens (primary N) is 2. The summed E-state index contributed by atoms with van der Waals surface area (Å²) in [6.45, 7) is 1.37. The molecule has 0 aliphatic heterocycles. The zero-order chi connectivity index (χ0) is 23.7. The van der Waals surface area contributed by atoms with Crippen molar-refractivity contribution in [3.63, 3.8) is 0 Å². The van der Waals surface area contributed by atoms with Gasteiger partial charge in [0.2, 0.25) is 0 Å². The number of H-pyrrole nitrogens is 1. The Morgan fingerprint density at radius 3 is 2.79 bits per heavy atom. The highest BCUT2D eigenvalue weighted by Gasteiger charge is 2.27. The minimum atomic E-state index is -0.0381. The lowest BCUT2D eigenvalue weighted by molar-refractivity contribution is 0.324. The van der Waals surface area contributed by atoms with Crippen molar-refractivity contribution in [3.8, 4) is 0 Å². The van der Waals surface area contributed by atoms with Crippen LogP contribution in [0.1, 0.15) is 54.0 Å². The molecule has 0 radical (unpaired) electrons. The number of nitrogens with zero attached hydrogens (tertiary/aromatic N) is 2. The van der Waals surface area contributed by atoms with Gasteiger partial charge in [0, 0.05) is 53.6 Å². The topological polar surface area (TPSA) is 115 Å². The second kappa shape index (κ2) is 9.68. The molecule has 2 aromatic heterocycles. The van der Waals surface area contributed by atoms with Crippen LogP contribution in [0.4, 0.5) is 5.82 Å². The van der Waals surface area contributed by atoms with Crippen molar-refractivity contribution in [1.29, 1.82) is 0 Å². The van der Waals surface area contributed by atoms with Gasteiger partial charge in [0.1, 0.15) is 0 Å². The lowest BCUT2D eigenvalue weighted by Gasteiger charge is -2.28. The van der Waals surface area contributed by atoms with Crippen LogP contribution in [0.15, 0.2) is 53.5 Å². The molecular formula is C26H31ClN6O. The molecule has 8 heteroatoms. The predicted molar refractivity (Wildman–Crippen MR) is 137 cm³/mol. The molecule has 2 heterocycles. The molecule has 7 nitrogen and oxygen atoms in total. The average molecular weight is 479 g/mol. The van der Waals surface area contributed by atoms with E-state index in [1.165, 1.54) is 0 Å². The maximum atomic E-state index is 12.6. The first kappa shape index (κ1) is 22.7. The molecule has 1 unspecified atom stereocenters. The van der Waals surface area contributed by atoms with Crippen molar-refractivity contribution in [2.75, 3.05) is 12.3 Å². The van der Waals surface area contributed by atoms with E-state index in [9.17, 15) is 4.79 Å². The predicted octanol–water partition coefficient (Wildman–Crippen LogP) is 3.64. The Bertz CT molecular complexity index is 1250. The quantitative estimate of drug-likeness (QED) is 0.431. The average Bonchev–Trinajstić information content (AvgIpc) is 3.21. The third kappa shape index (κ3) is 4.91. The van der Waals surface area contributed by atoms with E-state index in [1.807, 2.05) is 36.5 Å². The number of allylic oxidation sites excluding steroid dienone is 1. The van der Waals surface area contributed by atoms with Crippen LogP contribution in [0.5, 0.6) is 0 Å². The molecule has 0 amide bonds. The molecule has 6 N–H and O–H groups in total. The third-order valence-electron chi connectivity index (χ3n) is 7.08. The first-order valence-electron chi connectivity index (χ1n) is 12.0. The van der Waals surface area contributed by atoms with Crippen molar-refractivity contribution in [2.24, 2.45) is 11.7 Å². The molecular weight excluding hydrogens is 448 g/mol. The number of rotatable bonds is 6. The maximum Gasteiger partial charge on any atom is 0.250 e. The summed E-state index contributed by atoms with van der Waals surface area (Å²) in [5.41, 5.74) is 17.3. The molecule has 178 valence electrons. The first-order valence-corrected chi connectivity index (χ1v) is 12.3. The molecule has 0 spiro atoms. The number of hydrogen-bond donors (Lipinski definition) is 4. The zero-order valence-corrected chi connectivity index (χ0v) is 19.9. The maximum absolute atomic E-state index is 12.6. The summed E-state index contributed by atoms with van der Waals surface area (Å²) in [6.07, 6.45) is 9.39. The molecule has 3 aromatic rings. The molecule has 1 atom stereocenters. The summed E-state index contributed by atoms with van der Waals surface area (Å²) in [5, 5.41) is 11.7. The summed E-state index contributed by atoms with van der Waals surface area (Å²) in [6, 6.07) is 11.5. The van der Waals surface area contributed by atoms with Crippen LogP contribution in [-0.4, -0.2) is 27.4 Å². The van der Waals surface area contributed by atoms with Crippen LogP contribution >= 0.6 is 11.6 Å². The van der Waals surface area contributed by atoms with Crippen molar-refractivity contribution in [1.82, 2.24) is 20.1 Å². The summed E-state index contributed by atoms with van der Waals surface area (Å²) < 4.78 is 1.74. The van der Waals surface area contributed by atoms with Crippen LogP contribution in [0.3, 0.4) is 0 Å². The number of halogens is 1. The molecule has 1 fully saturated rings. The Hall–Kier alpha value is -3.03.